The Morgan fingerprint density at radius 3 is 2.55 bits per heavy atom. The number of pyridine rings is 1. The molecular weight excluding hydrogens is 568 g/mol. The van der Waals surface area contributed by atoms with Crippen LogP contribution in [-0.4, -0.2) is 47.0 Å². The maximum Gasteiger partial charge on any atom is 0.400 e. The fourth-order valence-electron chi connectivity index (χ4n) is 3.57. The molecule has 1 fully saturated rings. The van der Waals surface area contributed by atoms with Crippen LogP contribution >= 0.6 is 51.3 Å². The molecule has 2 aliphatic heterocycles. The van der Waals surface area contributed by atoms with Gasteiger partial charge in [0.2, 0.25) is 0 Å². The number of nitrogens with zero attached hydrogens (tertiary/aromatic N) is 2. The summed E-state index contributed by atoms with van der Waals surface area (Å²) < 4.78 is 43.2. The average molecular weight is 582 g/mol. The molecule has 2 N–H and O–H groups in total. The van der Waals surface area contributed by atoms with Gasteiger partial charge in [0.15, 0.2) is 0 Å². The molecule has 1 aromatic carbocycles. The van der Waals surface area contributed by atoms with Gasteiger partial charge < -0.3 is 5.32 Å². The zero-order valence-electron chi connectivity index (χ0n) is 16.5. The van der Waals surface area contributed by atoms with E-state index in [-0.39, 0.29) is 38.8 Å². The number of aromatic nitrogens is 1. The SMILES string of the molecule is O=C1NOCC1NC(=S)c1ccc(C2=NCC(c3cc(Cl)c(Br)c(Cl)c3)(C(F)(F)F)C2)nc1. The molecule has 2 aliphatic rings. The average Bonchev–Trinajstić information content (AvgIpc) is 3.39. The number of carbonyl (C=O) groups is 1. The van der Waals surface area contributed by atoms with Gasteiger partial charge in [-0.1, -0.05) is 35.4 Å². The third-order valence-electron chi connectivity index (χ3n) is 5.45. The Labute approximate surface area is 210 Å². The number of carbonyl (C=O) groups excluding carboxylic acids is 1. The zero-order chi connectivity index (χ0) is 24.0. The van der Waals surface area contributed by atoms with E-state index >= 15 is 0 Å². The summed E-state index contributed by atoms with van der Waals surface area (Å²) in [5.74, 6) is -0.348. The molecule has 1 saturated heterocycles. The number of nitrogens with one attached hydrogen (secondary N) is 2. The minimum absolute atomic E-state index is 0.0639. The number of alkyl halides is 3. The van der Waals surface area contributed by atoms with Crippen molar-refractivity contribution in [2.75, 3.05) is 13.2 Å². The summed E-state index contributed by atoms with van der Waals surface area (Å²) in [5.41, 5.74) is 0.875. The van der Waals surface area contributed by atoms with Crippen molar-refractivity contribution in [1.29, 1.82) is 0 Å². The van der Waals surface area contributed by atoms with Crippen LogP contribution in [-0.2, 0) is 15.0 Å². The van der Waals surface area contributed by atoms with E-state index < -0.39 is 30.6 Å². The first-order valence-electron chi connectivity index (χ1n) is 9.46. The highest BCUT2D eigenvalue weighted by molar-refractivity contribution is 9.10. The second-order valence-electron chi connectivity index (χ2n) is 7.51. The van der Waals surface area contributed by atoms with E-state index in [2.05, 4.69) is 36.7 Å². The van der Waals surface area contributed by atoms with Gasteiger partial charge in [-0.2, -0.15) is 13.2 Å². The van der Waals surface area contributed by atoms with E-state index in [1.165, 1.54) is 18.3 Å². The van der Waals surface area contributed by atoms with Crippen LogP contribution in [0.25, 0.3) is 0 Å². The van der Waals surface area contributed by atoms with Gasteiger partial charge in [-0.25, -0.2) is 5.48 Å². The predicted molar refractivity (Wildman–Crippen MR) is 125 cm³/mol. The van der Waals surface area contributed by atoms with Crippen molar-refractivity contribution in [2.24, 2.45) is 4.99 Å². The lowest BCUT2D eigenvalue weighted by atomic mass is 9.77. The highest BCUT2D eigenvalue weighted by Crippen LogP contribution is 2.49. The third-order valence-corrected chi connectivity index (χ3v) is 7.71. The largest absolute Gasteiger partial charge is 0.400 e. The summed E-state index contributed by atoms with van der Waals surface area (Å²) >= 11 is 20.6. The minimum Gasteiger partial charge on any atom is -0.362 e. The van der Waals surface area contributed by atoms with Crippen molar-refractivity contribution < 1.29 is 22.8 Å². The molecule has 0 saturated carbocycles. The van der Waals surface area contributed by atoms with Crippen LogP contribution < -0.4 is 10.8 Å². The molecule has 0 aliphatic carbocycles. The molecule has 1 aromatic heterocycles. The Hall–Kier alpha value is -1.79. The van der Waals surface area contributed by atoms with Crippen molar-refractivity contribution in [3.8, 4) is 0 Å². The molecule has 174 valence electrons. The Bertz CT molecular complexity index is 1140. The first-order chi connectivity index (χ1) is 15.5. The second-order valence-corrected chi connectivity index (χ2v) is 9.52. The predicted octanol–water partition coefficient (Wildman–Crippen LogP) is 4.54. The molecule has 0 bridgehead atoms. The monoisotopic (exact) mass is 580 g/mol. The Balaban J connectivity index is 1.56. The van der Waals surface area contributed by atoms with Crippen molar-refractivity contribution in [3.05, 3.63) is 61.8 Å². The van der Waals surface area contributed by atoms with Crippen LogP contribution in [0.5, 0.6) is 0 Å². The standard InChI is InChI=1S/C20H14BrCl2F3N4O2S/c21-16-11(22)3-10(4-12(16)23)19(20(24,25)26)5-14(28-8-19)13-2-1-9(6-27-13)18(33)29-15-7-32-30-17(15)31/h1-4,6,15H,5,7-8H2,(H,29,33)(H,30,31). The molecule has 4 rings (SSSR count). The summed E-state index contributed by atoms with van der Waals surface area (Å²) in [6.45, 7) is -0.398. The van der Waals surface area contributed by atoms with E-state index in [4.69, 9.17) is 40.3 Å². The Kier molecular flexibility index (Phi) is 6.71. The summed E-state index contributed by atoms with van der Waals surface area (Å²) in [6, 6.07) is 5.03. The smallest absolute Gasteiger partial charge is 0.362 e. The first-order valence-corrected chi connectivity index (χ1v) is 11.4. The van der Waals surface area contributed by atoms with Crippen LogP contribution in [0.15, 0.2) is 39.9 Å². The summed E-state index contributed by atoms with van der Waals surface area (Å²) in [4.78, 5) is 25.1. The molecule has 33 heavy (non-hydrogen) atoms. The summed E-state index contributed by atoms with van der Waals surface area (Å²) in [7, 11) is 0. The fraction of sp³-hybridized carbons (Fsp3) is 0.300. The minimum atomic E-state index is -4.60. The van der Waals surface area contributed by atoms with E-state index in [1.54, 1.807) is 12.1 Å². The summed E-state index contributed by atoms with van der Waals surface area (Å²) in [5, 5.41) is 3.02. The summed E-state index contributed by atoms with van der Waals surface area (Å²) in [6.07, 6.45) is -3.60. The topological polar surface area (TPSA) is 75.6 Å². The highest BCUT2D eigenvalue weighted by Gasteiger charge is 2.58. The van der Waals surface area contributed by atoms with E-state index in [9.17, 15) is 18.0 Å². The normalized spacial score (nSPS) is 22.8. The lowest BCUT2D eigenvalue weighted by molar-refractivity contribution is -0.183. The molecule has 6 nitrogen and oxygen atoms in total. The van der Waals surface area contributed by atoms with Crippen LogP contribution in [0.3, 0.4) is 0 Å². The van der Waals surface area contributed by atoms with Crippen molar-refractivity contribution >= 4 is 68.0 Å². The molecule has 1 amide bonds. The Morgan fingerprint density at radius 1 is 1.30 bits per heavy atom. The van der Waals surface area contributed by atoms with Gasteiger partial charge in [0.25, 0.3) is 5.91 Å². The third kappa shape index (κ3) is 4.61. The quantitative estimate of drug-likeness (QED) is 0.410. The first kappa shape index (κ1) is 24.3. The van der Waals surface area contributed by atoms with E-state index in [1.807, 2.05) is 0 Å². The van der Waals surface area contributed by atoms with Gasteiger partial charge >= 0.3 is 6.18 Å². The number of benzene rings is 1. The highest BCUT2D eigenvalue weighted by atomic mass is 79.9. The van der Waals surface area contributed by atoms with Crippen LogP contribution in [0.1, 0.15) is 23.2 Å². The molecular formula is C20H14BrCl2F3N4O2S. The number of hydroxylamine groups is 1. The van der Waals surface area contributed by atoms with Crippen molar-refractivity contribution in [2.45, 2.75) is 24.1 Å². The molecule has 2 atom stereocenters. The van der Waals surface area contributed by atoms with Crippen molar-refractivity contribution in [3.63, 3.8) is 0 Å². The van der Waals surface area contributed by atoms with Gasteiger partial charge in [0.05, 0.1) is 32.5 Å². The zero-order valence-corrected chi connectivity index (χ0v) is 20.4. The van der Waals surface area contributed by atoms with Gasteiger partial charge in [-0.3, -0.25) is 19.6 Å². The van der Waals surface area contributed by atoms with Gasteiger partial charge in [-0.05, 0) is 45.8 Å². The fourth-order valence-corrected chi connectivity index (χ4v) is 4.55. The molecule has 0 spiro atoms. The lowest BCUT2D eigenvalue weighted by Crippen LogP contribution is -2.43. The number of aliphatic imine (C=N–C) groups is 1. The number of hydrogen-bond acceptors (Lipinski definition) is 5. The molecule has 0 radical (unpaired) electrons. The van der Waals surface area contributed by atoms with Crippen LogP contribution in [0, 0.1) is 0 Å². The number of halogens is 6. The van der Waals surface area contributed by atoms with Crippen LogP contribution in [0.2, 0.25) is 10.0 Å². The number of hydrogen-bond donors (Lipinski definition) is 2. The number of thiocarbonyl (C=S) groups is 1. The van der Waals surface area contributed by atoms with Gasteiger partial charge in [-0.15, -0.1) is 0 Å². The molecule has 13 heteroatoms. The number of amides is 1. The molecule has 2 unspecified atom stereocenters. The van der Waals surface area contributed by atoms with Crippen molar-refractivity contribution in [1.82, 2.24) is 15.8 Å². The van der Waals surface area contributed by atoms with E-state index in [0.717, 1.165) is 0 Å². The van der Waals surface area contributed by atoms with Gasteiger partial charge in [0, 0.05) is 18.2 Å². The Morgan fingerprint density at radius 2 is 2.00 bits per heavy atom. The van der Waals surface area contributed by atoms with Crippen LogP contribution in [0.4, 0.5) is 13.2 Å². The maximum atomic E-state index is 14.3. The second kappa shape index (κ2) is 9.10. The van der Waals surface area contributed by atoms with E-state index in [0.29, 0.717) is 15.7 Å². The maximum absolute atomic E-state index is 14.3. The number of rotatable bonds is 4. The van der Waals surface area contributed by atoms with Gasteiger partial charge in [0.1, 0.15) is 23.1 Å². The lowest BCUT2D eigenvalue weighted by Gasteiger charge is -2.32. The molecule has 3 heterocycles. The molecule has 2 aromatic rings.